The predicted molar refractivity (Wildman–Crippen MR) is 107 cm³/mol. The maximum atomic E-state index is 14.4. The molecule has 0 saturated carbocycles. The van der Waals surface area contributed by atoms with Gasteiger partial charge in [-0.2, -0.15) is 0 Å². The number of aromatic amines is 1. The van der Waals surface area contributed by atoms with Gasteiger partial charge in [-0.15, -0.1) is 0 Å². The number of anilines is 1. The summed E-state index contributed by atoms with van der Waals surface area (Å²) in [5.74, 6) is -1.40. The molecule has 0 fully saturated rings. The first-order chi connectivity index (χ1) is 13.9. The van der Waals surface area contributed by atoms with Crippen LogP contribution in [-0.4, -0.2) is 25.6 Å². The average molecular weight is 392 g/mol. The number of fused-ring (bicyclic) bond motifs is 1. The third-order valence-electron chi connectivity index (χ3n) is 4.82. The number of nitrogens with zero attached hydrogens (tertiary/aromatic N) is 2. The van der Waals surface area contributed by atoms with E-state index in [1.807, 2.05) is 0 Å². The number of hydrogen-bond donors (Lipinski definition) is 3. The van der Waals surface area contributed by atoms with E-state index < -0.39 is 17.3 Å². The molecule has 0 atom stereocenters. The Morgan fingerprint density at radius 2 is 2.10 bits per heavy atom. The van der Waals surface area contributed by atoms with Crippen molar-refractivity contribution < 1.29 is 14.3 Å². The van der Waals surface area contributed by atoms with Gasteiger partial charge < -0.3 is 20.4 Å². The van der Waals surface area contributed by atoms with E-state index >= 15 is 0 Å². The van der Waals surface area contributed by atoms with E-state index in [2.05, 4.69) is 9.97 Å². The number of aryl methyl sites for hydroxylation is 1. The SMILES string of the molecule is Cc1cc2c(-c3ccc[nH]c3=O)c(C(=O)O)n(Cc3ccnc(N)c3)c2cc1F. The van der Waals surface area contributed by atoms with Crippen LogP contribution in [0.5, 0.6) is 0 Å². The van der Waals surface area contributed by atoms with E-state index in [0.717, 1.165) is 0 Å². The molecular formula is C21H17FN4O3. The number of halogens is 1. The summed E-state index contributed by atoms with van der Waals surface area (Å²) in [5, 5.41) is 10.5. The maximum Gasteiger partial charge on any atom is 0.353 e. The standard InChI is InChI=1S/C21H17FN4O3/c1-11-7-14-16(9-15(11)22)26(10-12-4-6-24-17(23)8-12)19(21(28)29)18(14)13-3-2-5-25-20(13)27/h2-9H,10H2,1H3,(H2,23,24)(H,25,27)(H,28,29). The number of carboxylic acids is 1. The van der Waals surface area contributed by atoms with E-state index in [9.17, 15) is 19.1 Å². The van der Waals surface area contributed by atoms with Gasteiger partial charge in [0.15, 0.2) is 0 Å². The van der Waals surface area contributed by atoms with Gasteiger partial charge in [0, 0.05) is 35.5 Å². The molecule has 29 heavy (non-hydrogen) atoms. The van der Waals surface area contributed by atoms with Crippen molar-refractivity contribution in [2.24, 2.45) is 0 Å². The zero-order valence-corrected chi connectivity index (χ0v) is 15.4. The normalized spacial score (nSPS) is 11.1. The van der Waals surface area contributed by atoms with Gasteiger partial charge >= 0.3 is 5.97 Å². The third-order valence-corrected chi connectivity index (χ3v) is 4.82. The fourth-order valence-corrected chi connectivity index (χ4v) is 3.53. The Bertz CT molecular complexity index is 1320. The van der Waals surface area contributed by atoms with Gasteiger partial charge in [-0.1, -0.05) is 0 Å². The third kappa shape index (κ3) is 3.14. The van der Waals surface area contributed by atoms with E-state index in [1.54, 1.807) is 37.3 Å². The zero-order valence-electron chi connectivity index (χ0n) is 15.4. The summed E-state index contributed by atoms with van der Waals surface area (Å²) >= 11 is 0. The number of aromatic nitrogens is 3. The van der Waals surface area contributed by atoms with E-state index in [-0.39, 0.29) is 29.2 Å². The van der Waals surface area contributed by atoms with Crippen LogP contribution in [0.15, 0.2) is 53.6 Å². The van der Waals surface area contributed by atoms with Crippen LogP contribution in [0.1, 0.15) is 21.6 Å². The molecule has 0 radical (unpaired) electrons. The van der Waals surface area contributed by atoms with Crippen LogP contribution in [0.3, 0.4) is 0 Å². The highest BCUT2D eigenvalue weighted by atomic mass is 19.1. The Hall–Kier alpha value is -3.94. The number of benzene rings is 1. The first kappa shape index (κ1) is 18.4. The van der Waals surface area contributed by atoms with Crippen LogP contribution in [-0.2, 0) is 6.54 Å². The monoisotopic (exact) mass is 392 g/mol. The van der Waals surface area contributed by atoms with Crippen LogP contribution in [0, 0.1) is 12.7 Å². The number of nitrogens with two attached hydrogens (primary N) is 1. The molecule has 3 aromatic heterocycles. The fraction of sp³-hybridized carbons (Fsp3) is 0.0952. The van der Waals surface area contributed by atoms with Crippen molar-refractivity contribution in [3.05, 3.63) is 81.8 Å². The highest BCUT2D eigenvalue weighted by Crippen LogP contribution is 2.35. The molecule has 0 bridgehead atoms. The highest BCUT2D eigenvalue weighted by molar-refractivity contribution is 6.08. The Morgan fingerprint density at radius 1 is 1.31 bits per heavy atom. The Morgan fingerprint density at radius 3 is 2.79 bits per heavy atom. The topological polar surface area (TPSA) is 114 Å². The number of nitrogen functional groups attached to an aromatic ring is 1. The van der Waals surface area contributed by atoms with E-state index in [4.69, 9.17) is 5.73 Å². The minimum Gasteiger partial charge on any atom is -0.477 e. The van der Waals surface area contributed by atoms with Gasteiger partial charge in [-0.05, 0) is 54.4 Å². The lowest BCUT2D eigenvalue weighted by Gasteiger charge is -2.10. The number of nitrogens with one attached hydrogen (secondary N) is 1. The van der Waals surface area contributed by atoms with Gasteiger partial charge in [-0.3, -0.25) is 4.79 Å². The lowest BCUT2D eigenvalue weighted by molar-refractivity contribution is 0.0687. The minimum absolute atomic E-state index is 0.0999. The summed E-state index contributed by atoms with van der Waals surface area (Å²) in [6, 6.07) is 9.35. The van der Waals surface area contributed by atoms with Crippen LogP contribution < -0.4 is 11.3 Å². The molecule has 4 N–H and O–H groups in total. The summed E-state index contributed by atoms with van der Waals surface area (Å²) in [7, 11) is 0. The van der Waals surface area contributed by atoms with Crippen LogP contribution >= 0.6 is 0 Å². The van der Waals surface area contributed by atoms with Crippen molar-refractivity contribution in [3.8, 4) is 11.1 Å². The molecule has 146 valence electrons. The predicted octanol–water partition coefficient (Wildman–Crippen LogP) is 3.17. The number of carbonyl (C=O) groups is 1. The average Bonchev–Trinajstić information content (AvgIpc) is 2.96. The molecule has 0 unspecified atom stereocenters. The lowest BCUT2D eigenvalue weighted by atomic mass is 10.0. The molecule has 0 aliphatic carbocycles. The molecule has 7 nitrogen and oxygen atoms in total. The number of H-pyrrole nitrogens is 1. The number of rotatable bonds is 4. The second kappa shape index (κ2) is 6.90. The lowest BCUT2D eigenvalue weighted by Crippen LogP contribution is -2.13. The number of pyridine rings is 2. The molecule has 8 heteroatoms. The Kier molecular flexibility index (Phi) is 4.38. The maximum absolute atomic E-state index is 14.4. The molecule has 0 saturated heterocycles. The zero-order chi connectivity index (χ0) is 20.7. The second-order valence-corrected chi connectivity index (χ2v) is 6.74. The molecular weight excluding hydrogens is 375 g/mol. The van der Waals surface area contributed by atoms with Crippen molar-refractivity contribution in [1.29, 1.82) is 0 Å². The fourth-order valence-electron chi connectivity index (χ4n) is 3.53. The first-order valence-corrected chi connectivity index (χ1v) is 8.81. The van der Waals surface area contributed by atoms with Crippen molar-refractivity contribution in [2.45, 2.75) is 13.5 Å². The number of hydrogen-bond acceptors (Lipinski definition) is 4. The summed E-state index contributed by atoms with van der Waals surface area (Å²) in [6.07, 6.45) is 2.99. The second-order valence-electron chi connectivity index (χ2n) is 6.74. The molecule has 0 aliphatic heterocycles. The van der Waals surface area contributed by atoms with Crippen LogP contribution in [0.4, 0.5) is 10.2 Å². The summed E-state index contributed by atoms with van der Waals surface area (Å²) < 4.78 is 15.9. The number of aromatic carboxylic acids is 1. The smallest absolute Gasteiger partial charge is 0.353 e. The quantitative estimate of drug-likeness (QED) is 0.494. The van der Waals surface area contributed by atoms with Crippen LogP contribution in [0.25, 0.3) is 22.0 Å². The van der Waals surface area contributed by atoms with E-state index in [0.29, 0.717) is 22.0 Å². The molecule has 3 heterocycles. The highest BCUT2D eigenvalue weighted by Gasteiger charge is 2.26. The Labute approximate surface area is 164 Å². The summed E-state index contributed by atoms with van der Waals surface area (Å²) in [4.78, 5) is 31.2. The van der Waals surface area contributed by atoms with Gasteiger partial charge in [-0.25, -0.2) is 14.2 Å². The molecule has 0 aliphatic rings. The number of carboxylic acid groups (broad SMARTS) is 1. The van der Waals surface area contributed by atoms with Gasteiger partial charge in [0.2, 0.25) is 0 Å². The van der Waals surface area contributed by atoms with Gasteiger partial charge in [0.1, 0.15) is 17.3 Å². The van der Waals surface area contributed by atoms with Crippen molar-refractivity contribution >= 4 is 22.7 Å². The molecule has 0 spiro atoms. The largest absolute Gasteiger partial charge is 0.477 e. The van der Waals surface area contributed by atoms with Crippen molar-refractivity contribution in [2.75, 3.05) is 5.73 Å². The van der Waals surface area contributed by atoms with Crippen molar-refractivity contribution in [3.63, 3.8) is 0 Å². The molecule has 1 aromatic carbocycles. The molecule has 0 amide bonds. The van der Waals surface area contributed by atoms with E-state index in [1.165, 1.54) is 23.0 Å². The van der Waals surface area contributed by atoms with Gasteiger partial charge in [0.25, 0.3) is 5.56 Å². The summed E-state index contributed by atoms with van der Waals surface area (Å²) in [6.45, 7) is 1.72. The summed E-state index contributed by atoms with van der Waals surface area (Å²) in [5.41, 5.74) is 7.10. The molecule has 4 aromatic rings. The first-order valence-electron chi connectivity index (χ1n) is 8.81. The van der Waals surface area contributed by atoms with Crippen molar-refractivity contribution in [1.82, 2.24) is 14.5 Å². The van der Waals surface area contributed by atoms with Crippen LogP contribution in [0.2, 0.25) is 0 Å². The van der Waals surface area contributed by atoms with Gasteiger partial charge in [0.05, 0.1) is 5.52 Å². The molecule has 4 rings (SSSR count). The Balaban J connectivity index is 2.11. The minimum atomic E-state index is -1.22.